The van der Waals surface area contributed by atoms with Crippen LogP contribution in [0.15, 0.2) is 0 Å². The van der Waals surface area contributed by atoms with Gasteiger partial charge < -0.3 is 28.7 Å². The summed E-state index contributed by atoms with van der Waals surface area (Å²) in [6, 6.07) is 0. The Kier molecular flexibility index (Phi) is 7.20. The fraction of sp³-hybridized carbons (Fsp3) is 0.889. The second-order valence-corrected chi connectivity index (χ2v) is 7.97. The average Bonchev–Trinajstić information content (AvgIpc) is 2.68. The highest BCUT2D eigenvalue weighted by Crippen LogP contribution is 2.36. The van der Waals surface area contributed by atoms with Crippen LogP contribution in [0.1, 0.15) is 6.92 Å². The van der Waals surface area contributed by atoms with Crippen molar-refractivity contribution in [1.82, 2.24) is 0 Å². The van der Waals surface area contributed by atoms with Gasteiger partial charge in [0.15, 0.2) is 13.1 Å². The molecule has 0 radical (unpaired) electrons. The minimum Gasteiger partial charge on any atom is -1.00 e. The summed E-state index contributed by atoms with van der Waals surface area (Å²) in [6.45, 7) is 6.26. The molecule has 0 saturated carbocycles. The van der Waals surface area contributed by atoms with Crippen molar-refractivity contribution in [3.05, 3.63) is 0 Å². The van der Waals surface area contributed by atoms with Crippen molar-refractivity contribution in [3.8, 4) is 0 Å². The summed E-state index contributed by atoms with van der Waals surface area (Å²) in [7, 11) is 0. The van der Waals surface area contributed by atoms with Gasteiger partial charge in [0, 0.05) is 14.9 Å². The molecule has 2 atom stereocenters. The van der Waals surface area contributed by atoms with Gasteiger partial charge in [-0.2, -0.15) is 0 Å². The van der Waals surface area contributed by atoms with E-state index in [-0.39, 0.29) is 24.0 Å². The molecule has 0 aromatic carbocycles. The molecule has 2 saturated heterocycles. The fourth-order valence-corrected chi connectivity index (χ4v) is 5.59. The quantitative estimate of drug-likeness (QED) is 0.279. The van der Waals surface area contributed by atoms with Crippen molar-refractivity contribution in [2.24, 2.45) is 0 Å². The molecule has 0 spiro atoms. The number of hydrogen-bond donors (Lipinski definition) is 0. The van der Waals surface area contributed by atoms with Crippen molar-refractivity contribution in [2.75, 3.05) is 32.1 Å². The van der Waals surface area contributed by atoms with Crippen LogP contribution in [-0.4, -0.2) is 50.2 Å². The van der Waals surface area contributed by atoms with E-state index in [4.69, 9.17) is 4.74 Å². The first-order chi connectivity index (χ1) is 6.77. The molecule has 2 fully saturated rings. The molecule has 2 heterocycles. The van der Waals surface area contributed by atoms with Gasteiger partial charge in [0.1, 0.15) is 13.2 Å². The van der Waals surface area contributed by atoms with E-state index in [1.807, 2.05) is 11.8 Å². The lowest BCUT2D eigenvalue weighted by Crippen LogP contribution is -3.00. The molecule has 88 valence electrons. The number of thioether (sulfide) groups is 2. The summed E-state index contributed by atoms with van der Waals surface area (Å²) in [5, 5.41) is 0.804. The Morgan fingerprint density at radius 2 is 2.13 bits per heavy atom. The van der Waals surface area contributed by atoms with E-state index in [0.717, 1.165) is 35.5 Å². The topological polar surface area (TPSA) is 12.2 Å². The third-order valence-electron chi connectivity index (χ3n) is 2.40. The molecule has 0 aliphatic carbocycles. The molecule has 2 aliphatic heterocycles. The zero-order valence-electron chi connectivity index (χ0n) is 8.62. The number of ether oxygens (including phenoxy) is 1. The molecule has 0 aromatic heterocycles. The molecular formula is C9H15I2NOS2. The SMILES string of the molecule is CC(I)C1CSC(=[N+]2CCOCC2)S1.[I-]. The minimum absolute atomic E-state index is 0. The molecule has 0 N–H and O–H groups in total. The summed E-state index contributed by atoms with van der Waals surface area (Å²) < 4.78 is 10.1. The highest BCUT2D eigenvalue weighted by molar-refractivity contribution is 14.1. The van der Waals surface area contributed by atoms with E-state index >= 15 is 0 Å². The van der Waals surface area contributed by atoms with E-state index in [9.17, 15) is 0 Å². The molecular weight excluding hydrogens is 456 g/mol. The number of alkyl halides is 1. The van der Waals surface area contributed by atoms with Crippen molar-refractivity contribution < 1.29 is 33.3 Å². The van der Waals surface area contributed by atoms with Gasteiger partial charge in [0.2, 0.25) is 0 Å². The average molecular weight is 471 g/mol. The monoisotopic (exact) mass is 471 g/mol. The standard InChI is InChI=1S/C9H15INOS2.HI/c1-7(10)8-6-13-9(14-8)11-2-4-12-5-3-11;/h7-8H,2-6H2,1H3;1H/q+1;/p-1. The van der Waals surface area contributed by atoms with Crippen molar-refractivity contribution in [1.29, 1.82) is 0 Å². The molecule has 2 nitrogen and oxygen atoms in total. The van der Waals surface area contributed by atoms with Gasteiger partial charge in [0.05, 0.1) is 0 Å². The molecule has 2 rings (SSSR count). The Bertz CT molecular complexity index is 240. The van der Waals surface area contributed by atoms with Gasteiger partial charge in [0.25, 0.3) is 4.38 Å². The van der Waals surface area contributed by atoms with E-state index < -0.39 is 0 Å². The van der Waals surface area contributed by atoms with Gasteiger partial charge in [-0.05, 0) is 23.5 Å². The lowest BCUT2D eigenvalue weighted by Gasteiger charge is -2.12. The maximum Gasteiger partial charge on any atom is 0.270 e. The van der Waals surface area contributed by atoms with Crippen LogP contribution in [0.25, 0.3) is 0 Å². The largest absolute Gasteiger partial charge is 1.00 e. The van der Waals surface area contributed by atoms with Crippen molar-refractivity contribution in [2.45, 2.75) is 16.1 Å². The van der Waals surface area contributed by atoms with Crippen LogP contribution in [0, 0.1) is 0 Å². The smallest absolute Gasteiger partial charge is 0.270 e. The summed E-state index contributed by atoms with van der Waals surface area (Å²) in [4.78, 5) is 0. The van der Waals surface area contributed by atoms with Crippen LogP contribution in [0.3, 0.4) is 0 Å². The molecule has 0 amide bonds. The first kappa shape index (κ1) is 14.8. The highest BCUT2D eigenvalue weighted by Gasteiger charge is 2.32. The lowest BCUT2D eigenvalue weighted by atomic mass is 10.4. The zero-order valence-corrected chi connectivity index (χ0v) is 14.6. The van der Waals surface area contributed by atoms with Gasteiger partial charge in [-0.15, -0.1) is 0 Å². The summed E-state index contributed by atoms with van der Waals surface area (Å²) in [5.74, 6) is 1.28. The Morgan fingerprint density at radius 3 is 2.67 bits per heavy atom. The Balaban J connectivity index is 0.00000112. The predicted molar refractivity (Wildman–Crippen MR) is 73.1 cm³/mol. The molecule has 2 aliphatic rings. The van der Waals surface area contributed by atoms with E-state index in [1.165, 1.54) is 10.1 Å². The minimum atomic E-state index is 0. The second kappa shape index (κ2) is 7.27. The lowest BCUT2D eigenvalue weighted by molar-refractivity contribution is -0.544. The third-order valence-corrected chi connectivity index (χ3v) is 6.98. The number of halogens is 2. The summed E-state index contributed by atoms with van der Waals surface area (Å²) in [5.41, 5.74) is 0. The molecule has 15 heavy (non-hydrogen) atoms. The van der Waals surface area contributed by atoms with Crippen molar-refractivity contribution >= 4 is 50.5 Å². The molecule has 6 heteroatoms. The second-order valence-electron chi connectivity index (χ2n) is 3.51. The number of rotatable bonds is 1. The maximum absolute atomic E-state index is 5.36. The molecule has 0 aromatic rings. The number of nitrogens with zero attached hydrogens (tertiary/aromatic N) is 1. The van der Waals surface area contributed by atoms with Crippen LogP contribution in [-0.2, 0) is 4.74 Å². The third kappa shape index (κ3) is 4.18. The normalized spacial score (nSPS) is 28.8. The molecule has 0 bridgehead atoms. The van der Waals surface area contributed by atoms with E-state index in [0.29, 0.717) is 0 Å². The highest BCUT2D eigenvalue weighted by atomic mass is 127. The van der Waals surface area contributed by atoms with Crippen LogP contribution in [0.5, 0.6) is 0 Å². The van der Waals surface area contributed by atoms with E-state index in [1.54, 1.807) is 0 Å². The predicted octanol–water partition coefficient (Wildman–Crippen LogP) is -0.939. The number of hydrogen-bond acceptors (Lipinski definition) is 3. The first-order valence-corrected chi connectivity index (χ1v) is 8.01. The summed E-state index contributed by atoms with van der Waals surface area (Å²) >= 11 is 6.63. The van der Waals surface area contributed by atoms with Gasteiger partial charge in [-0.3, -0.25) is 0 Å². The first-order valence-electron chi connectivity index (χ1n) is 4.90. The van der Waals surface area contributed by atoms with Gasteiger partial charge >= 0.3 is 0 Å². The Hall–Kier alpha value is 1.79. The van der Waals surface area contributed by atoms with Crippen LogP contribution < -0.4 is 24.0 Å². The van der Waals surface area contributed by atoms with E-state index in [2.05, 4.69) is 45.9 Å². The van der Waals surface area contributed by atoms with Crippen LogP contribution in [0.4, 0.5) is 0 Å². The number of morpholine rings is 1. The van der Waals surface area contributed by atoms with Gasteiger partial charge in [-0.25, -0.2) is 4.58 Å². The Labute approximate surface area is 131 Å². The van der Waals surface area contributed by atoms with Gasteiger partial charge in [-0.1, -0.05) is 29.5 Å². The van der Waals surface area contributed by atoms with Crippen LogP contribution >= 0.6 is 46.1 Å². The molecule has 2 unspecified atom stereocenters. The fourth-order valence-electron chi connectivity index (χ4n) is 1.49. The maximum atomic E-state index is 5.36. The Morgan fingerprint density at radius 1 is 1.47 bits per heavy atom. The summed E-state index contributed by atoms with van der Waals surface area (Å²) in [6.07, 6.45) is 0. The van der Waals surface area contributed by atoms with Crippen LogP contribution in [0.2, 0.25) is 0 Å². The van der Waals surface area contributed by atoms with Crippen molar-refractivity contribution in [3.63, 3.8) is 0 Å². The zero-order chi connectivity index (χ0) is 9.97.